The minimum absolute atomic E-state index is 0.00188. The molecule has 1 atom stereocenters. The van der Waals surface area contributed by atoms with Gasteiger partial charge >= 0.3 is 11.9 Å². The Morgan fingerprint density at radius 2 is 1.59 bits per heavy atom. The normalized spacial score (nSPS) is 12.5. The van der Waals surface area contributed by atoms with E-state index in [0.717, 1.165) is 11.3 Å². The van der Waals surface area contributed by atoms with Gasteiger partial charge in [0.1, 0.15) is 0 Å². The summed E-state index contributed by atoms with van der Waals surface area (Å²) >= 11 is 1.57. The summed E-state index contributed by atoms with van der Waals surface area (Å²) < 4.78 is 4.72. The zero-order valence-electron chi connectivity index (χ0n) is 20.4. The number of carbonyl (C=O) groups excluding carboxylic acids is 2. The molecule has 1 aromatic carbocycles. The van der Waals surface area contributed by atoms with Crippen LogP contribution in [0.2, 0.25) is 0 Å². The number of methoxy groups -OCH3 is 1. The van der Waals surface area contributed by atoms with Crippen LogP contribution in [0.5, 0.6) is 0 Å². The van der Waals surface area contributed by atoms with E-state index in [1.807, 2.05) is 36.4 Å². The quantitative estimate of drug-likeness (QED) is 0.0778. The highest BCUT2D eigenvalue weighted by Crippen LogP contribution is 2.29. The first-order chi connectivity index (χ1) is 16.5. The molecule has 0 aromatic heterocycles. The Balaban J connectivity index is 2.51. The van der Waals surface area contributed by atoms with Gasteiger partial charge in [0.15, 0.2) is 0 Å². The van der Waals surface area contributed by atoms with E-state index in [1.54, 1.807) is 23.9 Å². The number of carbonyl (C=O) groups is 3. The average Bonchev–Trinajstić information content (AvgIpc) is 2.84. The highest BCUT2D eigenvalue weighted by atomic mass is 32.2. The highest BCUT2D eigenvalue weighted by molar-refractivity contribution is 8.00. The number of carboxylic acid groups (broad SMARTS) is 1. The molecule has 34 heavy (non-hydrogen) atoms. The molecule has 1 aromatic rings. The van der Waals surface area contributed by atoms with Gasteiger partial charge in [-0.1, -0.05) is 75.5 Å². The zero-order chi connectivity index (χ0) is 25.0. The zero-order valence-corrected chi connectivity index (χ0v) is 21.2. The van der Waals surface area contributed by atoms with Crippen LogP contribution in [0.4, 0.5) is 0 Å². The van der Waals surface area contributed by atoms with Crippen LogP contribution in [0, 0.1) is 0 Å². The second-order valence-corrected chi connectivity index (χ2v) is 9.43. The molecule has 186 valence electrons. The summed E-state index contributed by atoms with van der Waals surface area (Å²) in [4.78, 5) is 34.9. The molecule has 0 fully saturated rings. The van der Waals surface area contributed by atoms with Crippen molar-refractivity contribution in [2.24, 2.45) is 0 Å². The summed E-state index contributed by atoms with van der Waals surface area (Å²) in [6.45, 7) is 2.23. The van der Waals surface area contributed by atoms with Crippen LogP contribution in [0.25, 0.3) is 0 Å². The van der Waals surface area contributed by atoms with Gasteiger partial charge in [-0.2, -0.15) is 0 Å². The Labute approximate surface area is 208 Å². The van der Waals surface area contributed by atoms with Gasteiger partial charge in [-0.3, -0.25) is 4.79 Å². The molecule has 0 spiro atoms. The van der Waals surface area contributed by atoms with Crippen LogP contribution in [0.15, 0.2) is 65.6 Å². The van der Waals surface area contributed by atoms with Crippen molar-refractivity contribution < 1.29 is 24.2 Å². The van der Waals surface area contributed by atoms with Crippen molar-refractivity contribution in [1.82, 2.24) is 0 Å². The molecule has 0 amide bonds. The molecular formula is C28H38O5S. The van der Waals surface area contributed by atoms with E-state index in [4.69, 9.17) is 9.84 Å². The Morgan fingerprint density at radius 3 is 2.24 bits per heavy atom. The van der Waals surface area contributed by atoms with Crippen LogP contribution in [0.3, 0.4) is 0 Å². The molecule has 0 aliphatic heterocycles. The number of carboxylic acids is 1. The van der Waals surface area contributed by atoms with Crippen LogP contribution in [0.1, 0.15) is 81.5 Å². The van der Waals surface area contributed by atoms with Crippen molar-refractivity contribution >= 4 is 29.5 Å². The number of allylic oxidation sites excluding steroid dienone is 6. The van der Waals surface area contributed by atoms with Crippen molar-refractivity contribution in [3.63, 3.8) is 0 Å². The topological polar surface area (TPSA) is 80.7 Å². The van der Waals surface area contributed by atoms with E-state index in [0.29, 0.717) is 18.4 Å². The Hall–Kier alpha value is -2.60. The number of ketones is 1. The van der Waals surface area contributed by atoms with E-state index in [1.165, 1.54) is 45.6 Å². The minimum atomic E-state index is -1.39. The lowest BCUT2D eigenvalue weighted by Crippen LogP contribution is -2.14. The van der Waals surface area contributed by atoms with E-state index in [2.05, 4.69) is 19.1 Å². The van der Waals surface area contributed by atoms with Gasteiger partial charge in [0.25, 0.3) is 0 Å². The number of esters is 1. The van der Waals surface area contributed by atoms with Gasteiger partial charge in [-0.05, 0) is 49.9 Å². The lowest BCUT2D eigenvalue weighted by Gasteiger charge is -2.14. The predicted octanol–water partition coefficient (Wildman–Crippen LogP) is 7.18. The fourth-order valence-corrected chi connectivity index (χ4v) is 4.38. The van der Waals surface area contributed by atoms with Crippen LogP contribution < -0.4 is 0 Å². The maximum absolute atomic E-state index is 11.6. The van der Waals surface area contributed by atoms with E-state index in [9.17, 15) is 14.4 Å². The van der Waals surface area contributed by atoms with Gasteiger partial charge in [0.05, 0.1) is 12.7 Å². The first kappa shape index (κ1) is 29.4. The Kier molecular flexibility index (Phi) is 16.3. The number of unbranched alkanes of at least 4 members (excludes halogenated alkanes) is 6. The second kappa shape index (κ2) is 18.8. The average molecular weight is 487 g/mol. The molecule has 0 bridgehead atoms. The number of rotatable bonds is 18. The molecule has 0 heterocycles. The molecule has 5 nitrogen and oxygen atoms in total. The molecule has 0 saturated heterocycles. The standard InChI is InChI=1S/C28H38O5S/c1-3-4-5-6-7-8-9-10-11-12-13-14-15-16-24(21-22-26(29)27(30)31)34-25-19-17-23(18-20-25)28(32)33-2/h10-15,17-20,24H,3-9,16,21-22H2,1-2H3,(H,30,31)/t24-/m0/s1. The number of ether oxygens (including phenoxy) is 1. The van der Waals surface area contributed by atoms with Gasteiger partial charge < -0.3 is 9.84 Å². The van der Waals surface area contributed by atoms with E-state index < -0.39 is 17.7 Å². The molecule has 0 saturated carbocycles. The summed E-state index contributed by atoms with van der Waals surface area (Å²) in [5.41, 5.74) is 0.471. The molecule has 0 radical (unpaired) electrons. The Morgan fingerprint density at radius 1 is 0.941 bits per heavy atom. The number of hydrogen-bond acceptors (Lipinski definition) is 5. The van der Waals surface area contributed by atoms with Crippen molar-refractivity contribution in [1.29, 1.82) is 0 Å². The fourth-order valence-electron chi connectivity index (χ4n) is 3.26. The first-order valence-electron chi connectivity index (χ1n) is 12.1. The van der Waals surface area contributed by atoms with Crippen molar-refractivity contribution in [2.45, 2.75) is 81.3 Å². The summed E-state index contributed by atoms with van der Waals surface area (Å²) in [5, 5.41) is 8.90. The highest BCUT2D eigenvalue weighted by Gasteiger charge is 2.16. The molecule has 0 aliphatic rings. The SMILES string of the molecule is CCCCCCCCC=CC=CC=CC[C@@H](CCC(=O)C(=O)O)Sc1ccc(C(=O)OC)cc1. The minimum Gasteiger partial charge on any atom is -0.476 e. The number of benzene rings is 1. The largest absolute Gasteiger partial charge is 0.476 e. The van der Waals surface area contributed by atoms with E-state index in [-0.39, 0.29) is 11.7 Å². The first-order valence-corrected chi connectivity index (χ1v) is 12.9. The second-order valence-electron chi connectivity index (χ2n) is 8.06. The smallest absolute Gasteiger partial charge is 0.372 e. The number of aliphatic carboxylic acids is 1. The number of thioether (sulfide) groups is 1. The fraction of sp³-hybridized carbons (Fsp3) is 0.464. The summed E-state index contributed by atoms with van der Waals surface area (Å²) in [7, 11) is 1.34. The third-order valence-corrected chi connectivity index (χ3v) is 6.54. The molecule has 6 heteroatoms. The maximum Gasteiger partial charge on any atom is 0.372 e. The predicted molar refractivity (Wildman–Crippen MR) is 139 cm³/mol. The molecule has 1 N–H and O–H groups in total. The van der Waals surface area contributed by atoms with Crippen molar-refractivity contribution in [2.75, 3.05) is 7.11 Å². The summed E-state index contributed by atoms with van der Waals surface area (Å²) in [6, 6.07) is 7.07. The Bertz CT molecular complexity index is 824. The third-order valence-electron chi connectivity index (χ3n) is 5.24. The summed E-state index contributed by atoms with van der Waals surface area (Å²) in [6.07, 6.45) is 22.3. The van der Waals surface area contributed by atoms with Crippen molar-refractivity contribution in [3.05, 3.63) is 66.3 Å². The summed E-state index contributed by atoms with van der Waals surface area (Å²) in [5.74, 6) is -2.56. The lowest BCUT2D eigenvalue weighted by atomic mass is 10.1. The van der Waals surface area contributed by atoms with Gasteiger partial charge in [0, 0.05) is 16.6 Å². The van der Waals surface area contributed by atoms with Gasteiger partial charge in [-0.25, -0.2) is 9.59 Å². The molecule has 1 rings (SSSR count). The molecular weight excluding hydrogens is 448 g/mol. The third kappa shape index (κ3) is 13.8. The van der Waals surface area contributed by atoms with Gasteiger partial charge in [-0.15, -0.1) is 11.8 Å². The van der Waals surface area contributed by atoms with Crippen LogP contribution in [-0.4, -0.2) is 35.2 Å². The monoisotopic (exact) mass is 486 g/mol. The van der Waals surface area contributed by atoms with Crippen molar-refractivity contribution in [3.8, 4) is 0 Å². The lowest BCUT2D eigenvalue weighted by molar-refractivity contribution is -0.149. The number of hydrogen-bond donors (Lipinski definition) is 1. The van der Waals surface area contributed by atoms with Gasteiger partial charge in [0.2, 0.25) is 5.78 Å². The van der Waals surface area contributed by atoms with E-state index >= 15 is 0 Å². The molecule has 0 aliphatic carbocycles. The maximum atomic E-state index is 11.6. The number of Topliss-reactive ketones (excluding diaryl/α,β-unsaturated/α-hetero) is 1. The van der Waals surface area contributed by atoms with Crippen LogP contribution >= 0.6 is 11.8 Å². The molecule has 0 unspecified atom stereocenters. The van der Waals surface area contributed by atoms with Crippen LogP contribution in [-0.2, 0) is 14.3 Å².